The lowest BCUT2D eigenvalue weighted by atomic mass is 10.2. The van der Waals surface area contributed by atoms with Crippen molar-refractivity contribution in [2.75, 3.05) is 0 Å². The Morgan fingerprint density at radius 2 is 1.13 bits per heavy atom. The molecule has 0 spiro atoms. The summed E-state index contributed by atoms with van der Waals surface area (Å²) in [5.74, 6) is 0. The van der Waals surface area contributed by atoms with E-state index in [1.807, 2.05) is 13.8 Å². The highest BCUT2D eigenvalue weighted by Gasteiger charge is 1.99. The molecule has 0 radical (unpaired) electrons. The molecule has 0 amide bonds. The molecule has 2 rings (SSSR count). The van der Waals surface area contributed by atoms with E-state index in [0.717, 1.165) is 11.1 Å². The van der Waals surface area contributed by atoms with Crippen molar-refractivity contribution in [3.8, 4) is 0 Å². The van der Waals surface area contributed by atoms with E-state index in [1.165, 1.54) is 12.2 Å². The lowest BCUT2D eigenvalue weighted by Gasteiger charge is -1.98. The summed E-state index contributed by atoms with van der Waals surface area (Å²) in [7, 11) is 0. The number of hydrogen-bond donors (Lipinski definition) is 0. The topological polar surface area (TPSA) is 83.6 Å². The van der Waals surface area contributed by atoms with Gasteiger partial charge in [0.2, 0.25) is 12.2 Å². The van der Waals surface area contributed by atoms with Gasteiger partial charge in [0.25, 0.3) is 0 Å². The molecule has 6 heteroatoms. The van der Waals surface area contributed by atoms with Crippen LogP contribution in [0.4, 0.5) is 22.7 Å². The van der Waals surface area contributed by atoms with Crippen molar-refractivity contribution in [2.45, 2.75) is 13.8 Å². The van der Waals surface area contributed by atoms with Gasteiger partial charge in [-0.25, -0.2) is 9.59 Å². The van der Waals surface area contributed by atoms with Gasteiger partial charge in [-0.2, -0.15) is 20.0 Å². The summed E-state index contributed by atoms with van der Waals surface area (Å²) in [5.41, 5.74) is 3.82. The van der Waals surface area contributed by atoms with Crippen LogP contribution in [0.2, 0.25) is 0 Å². The SMILES string of the molecule is Cc1ccc(N=C=Nc2ccc(C)c(N=C=O)c2)cc1N=C=O. The highest BCUT2D eigenvalue weighted by molar-refractivity contribution is 5.65. The lowest BCUT2D eigenvalue weighted by Crippen LogP contribution is -1.74. The molecule has 0 saturated carbocycles. The highest BCUT2D eigenvalue weighted by Crippen LogP contribution is 2.25. The molecule has 2 aromatic rings. The summed E-state index contributed by atoms with van der Waals surface area (Å²) in [4.78, 5) is 36.1. The molecular formula is C17H12N4O2. The van der Waals surface area contributed by atoms with Crippen LogP contribution in [0.25, 0.3) is 0 Å². The molecule has 0 N–H and O–H groups in total. The summed E-state index contributed by atoms with van der Waals surface area (Å²) >= 11 is 0. The predicted molar refractivity (Wildman–Crippen MR) is 87.1 cm³/mol. The fraction of sp³-hybridized carbons (Fsp3) is 0.118. The summed E-state index contributed by atoms with van der Waals surface area (Å²) in [6, 6.07) is 13.0. The van der Waals surface area contributed by atoms with Gasteiger partial charge in [-0.05, 0) is 49.2 Å². The fourth-order valence-electron chi connectivity index (χ4n) is 1.81. The average molecular weight is 304 g/mol. The molecule has 0 atom stereocenters. The third kappa shape index (κ3) is 4.27. The summed E-state index contributed by atoms with van der Waals surface area (Å²) < 4.78 is 0. The first kappa shape index (κ1) is 16.0. The minimum Gasteiger partial charge on any atom is -0.211 e. The predicted octanol–water partition coefficient (Wildman–Crippen LogP) is 4.38. The van der Waals surface area contributed by atoms with Crippen LogP contribution in [0, 0.1) is 13.8 Å². The summed E-state index contributed by atoms with van der Waals surface area (Å²) in [6.07, 6.45) is 3.01. The minimum absolute atomic E-state index is 0.501. The van der Waals surface area contributed by atoms with Crippen LogP contribution in [-0.4, -0.2) is 18.2 Å². The Morgan fingerprint density at radius 1 is 0.696 bits per heavy atom. The summed E-state index contributed by atoms with van der Waals surface area (Å²) in [5, 5.41) is 0. The maximum atomic E-state index is 10.4. The zero-order valence-electron chi connectivity index (χ0n) is 12.6. The standard InChI is InChI=1S/C17H12N4O2/c1-12-3-5-14(7-16(12)20-10-22)18-9-19-15-6-4-13(2)17(8-15)21-11-23/h3-8H,1-2H3. The second kappa shape index (κ2) is 7.55. The highest BCUT2D eigenvalue weighted by atomic mass is 16.1. The van der Waals surface area contributed by atoms with Crippen LogP contribution >= 0.6 is 0 Å². The number of rotatable bonds is 4. The second-order valence-corrected chi connectivity index (χ2v) is 4.67. The van der Waals surface area contributed by atoms with Gasteiger partial charge >= 0.3 is 0 Å². The lowest BCUT2D eigenvalue weighted by molar-refractivity contribution is 0.564. The maximum absolute atomic E-state index is 10.4. The molecule has 112 valence electrons. The minimum atomic E-state index is 0.501. The second-order valence-electron chi connectivity index (χ2n) is 4.67. The van der Waals surface area contributed by atoms with Crippen LogP contribution < -0.4 is 0 Å². The number of aryl methyl sites for hydroxylation is 2. The van der Waals surface area contributed by atoms with Crippen LogP contribution in [0.1, 0.15) is 11.1 Å². The number of benzene rings is 2. The molecule has 0 unspecified atom stereocenters. The van der Waals surface area contributed by atoms with E-state index in [4.69, 9.17) is 0 Å². The Labute approximate surface area is 132 Å². The van der Waals surface area contributed by atoms with E-state index < -0.39 is 0 Å². The molecule has 0 aliphatic carbocycles. The number of hydrogen-bond acceptors (Lipinski definition) is 6. The molecule has 0 saturated heterocycles. The first-order chi connectivity index (χ1) is 11.1. The Kier molecular flexibility index (Phi) is 5.24. The molecule has 23 heavy (non-hydrogen) atoms. The Hall–Kier alpha value is -3.42. The smallest absolute Gasteiger partial charge is 0.211 e. The van der Waals surface area contributed by atoms with Crippen molar-refractivity contribution in [1.29, 1.82) is 0 Å². The van der Waals surface area contributed by atoms with Crippen molar-refractivity contribution in [1.82, 2.24) is 0 Å². The average Bonchev–Trinajstić information content (AvgIpc) is 2.54. The largest absolute Gasteiger partial charge is 0.240 e. The molecule has 0 aliphatic heterocycles. The Morgan fingerprint density at radius 3 is 1.52 bits per heavy atom. The molecule has 0 bridgehead atoms. The molecule has 2 aromatic carbocycles. The number of carbonyl (C=O) groups excluding carboxylic acids is 2. The van der Waals surface area contributed by atoms with E-state index >= 15 is 0 Å². The monoisotopic (exact) mass is 304 g/mol. The van der Waals surface area contributed by atoms with Gasteiger partial charge in [-0.15, -0.1) is 0 Å². The van der Waals surface area contributed by atoms with Crippen LogP contribution in [0.15, 0.2) is 56.4 Å². The van der Waals surface area contributed by atoms with Crippen molar-refractivity contribution >= 4 is 40.9 Å². The van der Waals surface area contributed by atoms with E-state index in [1.54, 1.807) is 36.4 Å². The van der Waals surface area contributed by atoms with Gasteiger partial charge in [0.05, 0.1) is 22.7 Å². The van der Waals surface area contributed by atoms with Crippen molar-refractivity contribution in [3.05, 3.63) is 47.5 Å². The number of aliphatic imine (C=N–C) groups is 4. The van der Waals surface area contributed by atoms with Gasteiger partial charge in [0.1, 0.15) is 6.01 Å². The van der Waals surface area contributed by atoms with Gasteiger partial charge in [-0.1, -0.05) is 12.1 Å². The molecular weight excluding hydrogens is 292 g/mol. The first-order valence-corrected chi connectivity index (χ1v) is 6.67. The van der Waals surface area contributed by atoms with Crippen molar-refractivity contribution in [3.63, 3.8) is 0 Å². The maximum Gasteiger partial charge on any atom is 0.240 e. The third-order valence-electron chi connectivity index (χ3n) is 3.08. The van der Waals surface area contributed by atoms with Gasteiger partial charge in [0.15, 0.2) is 0 Å². The quantitative estimate of drug-likeness (QED) is 0.620. The van der Waals surface area contributed by atoms with E-state index in [9.17, 15) is 9.59 Å². The van der Waals surface area contributed by atoms with Gasteiger partial charge < -0.3 is 0 Å². The van der Waals surface area contributed by atoms with E-state index in [-0.39, 0.29) is 0 Å². The number of isocyanates is 2. The van der Waals surface area contributed by atoms with Crippen LogP contribution in [0.5, 0.6) is 0 Å². The molecule has 0 aromatic heterocycles. The third-order valence-corrected chi connectivity index (χ3v) is 3.08. The molecule has 0 fully saturated rings. The Balaban J connectivity index is 2.31. The van der Waals surface area contributed by atoms with Gasteiger partial charge in [-0.3, -0.25) is 0 Å². The normalized spacial score (nSPS) is 9.13. The van der Waals surface area contributed by atoms with Crippen molar-refractivity contribution in [2.24, 2.45) is 20.0 Å². The molecule has 0 aliphatic rings. The van der Waals surface area contributed by atoms with Crippen LogP contribution in [0.3, 0.4) is 0 Å². The zero-order valence-corrected chi connectivity index (χ0v) is 12.6. The Bertz CT molecular complexity index is 827. The zero-order chi connectivity index (χ0) is 16.7. The molecule has 0 heterocycles. The van der Waals surface area contributed by atoms with Crippen molar-refractivity contribution < 1.29 is 9.59 Å². The van der Waals surface area contributed by atoms with Crippen LogP contribution in [-0.2, 0) is 9.59 Å². The summed E-state index contributed by atoms with van der Waals surface area (Å²) in [6.45, 7) is 3.66. The number of nitrogens with zero attached hydrogens (tertiary/aromatic N) is 4. The fourth-order valence-corrected chi connectivity index (χ4v) is 1.81. The molecule has 6 nitrogen and oxygen atoms in total. The first-order valence-electron chi connectivity index (χ1n) is 6.67. The van der Waals surface area contributed by atoms with E-state index in [2.05, 4.69) is 26.0 Å². The van der Waals surface area contributed by atoms with Gasteiger partial charge in [0, 0.05) is 0 Å². The van der Waals surface area contributed by atoms with E-state index in [0.29, 0.717) is 22.7 Å².